The second kappa shape index (κ2) is 11.2. The minimum Gasteiger partial charge on any atom is -0.480 e. The maximum Gasteiger partial charge on any atom is 0.345 e. The number of ether oxygens (including phenoxy) is 2. The summed E-state index contributed by atoms with van der Waals surface area (Å²) in [6, 6.07) is 25.1. The molecular weight excluding hydrogens is 532 g/mol. The van der Waals surface area contributed by atoms with Crippen LogP contribution in [0.1, 0.15) is 22.8 Å². The molecule has 0 fully saturated rings. The van der Waals surface area contributed by atoms with Crippen LogP contribution in [0.2, 0.25) is 5.02 Å². The number of hydrogen-bond acceptors (Lipinski definition) is 5. The molecule has 1 amide bonds. The van der Waals surface area contributed by atoms with Crippen molar-refractivity contribution < 1.29 is 19.1 Å². The third-order valence-corrected chi connectivity index (χ3v) is 5.89. The van der Waals surface area contributed by atoms with E-state index in [2.05, 4.69) is 26.5 Å². The molecule has 4 aromatic rings. The standard InChI is InChI=1S/C27H20BrClN2O4/c1-17(34-25-12-6-8-18-7-2-3-9-21(18)25)26(32)31-30-16-19-15-20(28)13-14-24(19)35-27(33)22-10-4-5-11-23(22)29/h2-17H,1H3,(H,31,32)/b30-16-/t17-/m1/s1. The normalized spacial score (nSPS) is 11.9. The van der Waals surface area contributed by atoms with Crippen LogP contribution in [0.3, 0.4) is 0 Å². The fraction of sp³-hybridized carbons (Fsp3) is 0.0741. The molecule has 1 N–H and O–H groups in total. The molecule has 0 bridgehead atoms. The van der Waals surface area contributed by atoms with Gasteiger partial charge in [0, 0.05) is 15.4 Å². The third-order valence-electron chi connectivity index (χ3n) is 5.07. The number of hydrogen-bond donors (Lipinski definition) is 1. The van der Waals surface area contributed by atoms with E-state index in [0.29, 0.717) is 11.3 Å². The number of nitrogens with one attached hydrogen (secondary N) is 1. The maximum absolute atomic E-state index is 12.6. The first-order valence-corrected chi connectivity index (χ1v) is 11.8. The van der Waals surface area contributed by atoms with Gasteiger partial charge in [-0.1, -0.05) is 76.1 Å². The Morgan fingerprint density at radius 2 is 1.71 bits per heavy atom. The molecular formula is C27H20BrClN2O4. The summed E-state index contributed by atoms with van der Waals surface area (Å²) in [5, 5.41) is 6.24. The van der Waals surface area contributed by atoms with Crippen molar-refractivity contribution >= 4 is 56.4 Å². The van der Waals surface area contributed by atoms with Crippen molar-refractivity contribution in [2.75, 3.05) is 0 Å². The zero-order chi connectivity index (χ0) is 24.8. The molecule has 0 saturated carbocycles. The minimum atomic E-state index is -0.794. The number of rotatable bonds is 7. The summed E-state index contributed by atoms with van der Waals surface area (Å²) in [6.45, 7) is 1.64. The summed E-state index contributed by atoms with van der Waals surface area (Å²) in [5.74, 6) is -0.167. The molecule has 0 aliphatic rings. The molecule has 176 valence electrons. The van der Waals surface area contributed by atoms with Gasteiger partial charge in [0.15, 0.2) is 6.10 Å². The Morgan fingerprint density at radius 3 is 2.54 bits per heavy atom. The first kappa shape index (κ1) is 24.4. The van der Waals surface area contributed by atoms with Gasteiger partial charge in [0.1, 0.15) is 11.5 Å². The van der Waals surface area contributed by atoms with Crippen LogP contribution in [0.25, 0.3) is 10.8 Å². The van der Waals surface area contributed by atoms with E-state index in [4.69, 9.17) is 21.1 Å². The van der Waals surface area contributed by atoms with Crippen LogP contribution < -0.4 is 14.9 Å². The molecule has 0 unspecified atom stereocenters. The average Bonchev–Trinajstić information content (AvgIpc) is 2.86. The van der Waals surface area contributed by atoms with Gasteiger partial charge in [-0.25, -0.2) is 10.2 Å². The van der Waals surface area contributed by atoms with Gasteiger partial charge in [-0.05, 0) is 48.7 Å². The summed E-state index contributed by atoms with van der Waals surface area (Å²) in [5.41, 5.74) is 3.19. The number of carbonyl (C=O) groups is 2. The Hall–Kier alpha value is -3.68. The molecule has 8 heteroatoms. The van der Waals surface area contributed by atoms with Crippen molar-refractivity contribution in [1.82, 2.24) is 5.43 Å². The van der Waals surface area contributed by atoms with Crippen molar-refractivity contribution in [3.8, 4) is 11.5 Å². The lowest BCUT2D eigenvalue weighted by molar-refractivity contribution is -0.127. The average molecular weight is 552 g/mol. The van der Waals surface area contributed by atoms with Crippen LogP contribution in [0.4, 0.5) is 0 Å². The van der Waals surface area contributed by atoms with E-state index in [1.807, 2.05) is 42.5 Å². The lowest BCUT2D eigenvalue weighted by atomic mass is 10.1. The molecule has 6 nitrogen and oxygen atoms in total. The van der Waals surface area contributed by atoms with Crippen molar-refractivity contribution in [2.45, 2.75) is 13.0 Å². The monoisotopic (exact) mass is 550 g/mol. The summed E-state index contributed by atoms with van der Waals surface area (Å²) in [4.78, 5) is 25.1. The maximum atomic E-state index is 12.6. The van der Waals surface area contributed by atoms with Gasteiger partial charge in [0.05, 0.1) is 16.8 Å². The largest absolute Gasteiger partial charge is 0.480 e. The molecule has 0 aromatic heterocycles. The first-order valence-electron chi connectivity index (χ1n) is 10.7. The van der Waals surface area contributed by atoms with Crippen molar-refractivity contribution in [3.63, 3.8) is 0 Å². The summed E-state index contributed by atoms with van der Waals surface area (Å²) < 4.78 is 12.1. The first-order chi connectivity index (χ1) is 16.9. The lowest BCUT2D eigenvalue weighted by Crippen LogP contribution is -2.33. The van der Waals surface area contributed by atoms with Crippen molar-refractivity contribution in [1.29, 1.82) is 0 Å². The van der Waals surface area contributed by atoms with E-state index in [9.17, 15) is 9.59 Å². The molecule has 35 heavy (non-hydrogen) atoms. The van der Waals surface area contributed by atoms with Crippen LogP contribution in [0.5, 0.6) is 11.5 Å². The number of nitrogens with zero attached hydrogens (tertiary/aromatic N) is 1. The summed E-state index contributed by atoms with van der Waals surface area (Å²) >= 11 is 9.48. The molecule has 0 saturated heterocycles. The predicted octanol–water partition coefficient (Wildman–Crippen LogP) is 6.39. The van der Waals surface area contributed by atoms with Gasteiger partial charge < -0.3 is 9.47 Å². The molecule has 4 aromatic carbocycles. The van der Waals surface area contributed by atoms with Crippen LogP contribution in [-0.2, 0) is 4.79 Å². The highest BCUT2D eigenvalue weighted by atomic mass is 79.9. The van der Waals surface area contributed by atoms with E-state index < -0.39 is 18.0 Å². The van der Waals surface area contributed by atoms with E-state index in [0.717, 1.165) is 15.2 Å². The van der Waals surface area contributed by atoms with Crippen molar-refractivity contribution in [2.24, 2.45) is 5.10 Å². The number of halogens is 2. The zero-order valence-electron chi connectivity index (χ0n) is 18.6. The smallest absolute Gasteiger partial charge is 0.345 e. The Kier molecular flexibility index (Phi) is 7.80. The number of benzene rings is 4. The Labute approximate surface area is 215 Å². The molecule has 0 aliphatic carbocycles. The molecule has 0 aliphatic heterocycles. The Bertz CT molecular complexity index is 1420. The molecule has 0 radical (unpaired) electrons. The fourth-order valence-electron chi connectivity index (χ4n) is 3.29. The number of carbonyl (C=O) groups excluding carboxylic acids is 2. The van der Waals surface area contributed by atoms with E-state index >= 15 is 0 Å². The van der Waals surface area contributed by atoms with Crippen LogP contribution in [-0.4, -0.2) is 24.2 Å². The second-order valence-corrected chi connectivity index (χ2v) is 8.85. The predicted molar refractivity (Wildman–Crippen MR) is 140 cm³/mol. The van der Waals surface area contributed by atoms with E-state index in [1.54, 1.807) is 49.4 Å². The molecule has 4 rings (SSSR count). The van der Waals surface area contributed by atoms with Crippen LogP contribution >= 0.6 is 27.5 Å². The van der Waals surface area contributed by atoms with Gasteiger partial charge in [-0.15, -0.1) is 0 Å². The van der Waals surface area contributed by atoms with E-state index in [1.165, 1.54) is 6.21 Å². The Balaban J connectivity index is 1.44. The highest BCUT2D eigenvalue weighted by Gasteiger charge is 2.16. The van der Waals surface area contributed by atoms with Crippen molar-refractivity contribution in [3.05, 3.63) is 106 Å². The number of amides is 1. The van der Waals surface area contributed by atoms with Gasteiger partial charge >= 0.3 is 5.97 Å². The topological polar surface area (TPSA) is 77.0 Å². The third kappa shape index (κ3) is 6.07. The molecule has 1 atom stereocenters. The SMILES string of the molecule is C[C@@H](Oc1cccc2ccccc12)C(=O)N/N=C\c1cc(Br)ccc1OC(=O)c1ccccc1Cl. The summed E-state index contributed by atoms with van der Waals surface area (Å²) in [6.07, 6.45) is 0.598. The van der Waals surface area contributed by atoms with Crippen LogP contribution in [0.15, 0.2) is 94.5 Å². The van der Waals surface area contributed by atoms with Crippen LogP contribution in [0, 0.1) is 0 Å². The van der Waals surface area contributed by atoms with E-state index in [-0.39, 0.29) is 16.3 Å². The number of esters is 1. The molecule has 0 heterocycles. The van der Waals surface area contributed by atoms with Gasteiger partial charge in [0.2, 0.25) is 0 Å². The minimum absolute atomic E-state index is 0.243. The number of hydrazone groups is 1. The number of fused-ring (bicyclic) bond motifs is 1. The van der Waals surface area contributed by atoms with Gasteiger partial charge in [0.25, 0.3) is 5.91 Å². The highest BCUT2D eigenvalue weighted by Crippen LogP contribution is 2.26. The molecule has 0 spiro atoms. The quantitative estimate of drug-likeness (QED) is 0.125. The summed E-state index contributed by atoms with van der Waals surface area (Å²) in [7, 11) is 0. The second-order valence-electron chi connectivity index (χ2n) is 7.52. The fourth-order valence-corrected chi connectivity index (χ4v) is 3.89. The highest BCUT2D eigenvalue weighted by molar-refractivity contribution is 9.10. The van der Waals surface area contributed by atoms with Gasteiger partial charge in [-0.3, -0.25) is 4.79 Å². The zero-order valence-corrected chi connectivity index (χ0v) is 20.9. The van der Waals surface area contributed by atoms with Gasteiger partial charge in [-0.2, -0.15) is 5.10 Å². The Morgan fingerprint density at radius 1 is 0.971 bits per heavy atom. The lowest BCUT2D eigenvalue weighted by Gasteiger charge is -2.15.